The number of likely N-dealkylation sites (tertiary alicyclic amines) is 1. The van der Waals surface area contributed by atoms with E-state index in [-0.39, 0.29) is 5.82 Å². The van der Waals surface area contributed by atoms with E-state index >= 15 is 0 Å². The molecular formula is C20H24FNO. The summed E-state index contributed by atoms with van der Waals surface area (Å²) in [5, 5.41) is 10.8. The minimum Gasteiger partial charge on any atom is -0.385 e. The maximum atomic E-state index is 13.8. The molecule has 0 aliphatic carbocycles. The molecule has 2 nitrogen and oxygen atoms in total. The summed E-state index contributed by atoms with van der Waals surface area (Å²) in [7, 11) is 0. The van der Waals surface area contributed by atoms with Crippen molar-refractivity contribution in [3.05, 3.63) is 59.9 Å². The number of hydrogen-bond donors (Lipinski definition) is 1. The zero-order valence-electron chi connectivity index (χ0n) is 13.6. The minimum atomic E-state index is -0.851. The van der Waals surface area contributed by atoms with Crippen LogP contribution in [0.15, 0.2) is 48.5 Å². The van der Waals surface area contributed by atoms with Gasteiger partial charge in [-0.15, -0.1) is 0 Å². The Balaban J connectivity index is 1.71. The van der Waals surface area contributed by atoms with Gasteiger partial charge in [-0.3, -0.25) is 0 Å². The standard InChI is InChI=1S/C20H24FNO/c1-20(23,12-15-22-13-4-5-14-22)17-10-8-16(9-11-17)18-6-2-3-7-19(18)21/h2-3,6-11,23H,4-5,12-15H2,1H3. The minimum absolute atomic E-state index is 0.221. The molecule has 0 radical (unpaired) electrons. The molecule has 1 unspecified atom stereocenters. The van der Waals surface area contributed by atoms with Gasteiger partial charge >= 0.3 is 0 Å². The van der Waals surface area contributed by atoms with Gasteiger partial charge in [-0.1, -0.05) is 42.5 Å². The first-order valence-electron chi connectivity index (χ1n) is 8.36. The molecule has 2 aromatic carbocycles. The molecule has 1 aliphatic heterocycles. The van der Waals surface area contributed by atoms with Gasteiger partial charge in [-0.25, -0.2) is 4.39 Å². The molecule has 0 bridgehead atoms. The highest BCUT2D eigenvalue weighted by molar-refractivity contribution is 5.64. The first-order valence-corrected chi connectivity index (χ1v) is 8.36. The second kappa shape index (κ2) is 6.81. The quantitative estimate of drug-likeness (QED) is 0.895. The SMILES string of the molecule is CC(O)(CCN1CCCC1)c1ccc(-c2ccccc2F)cc1. The lowest BCUT2D eigenvalue weighted by Crippen LogP contribution is -2.29. The van der Waals surface area contributed by atoms with Gasteiger partial charge in [0, 0.05) is 12.1 Å². The molecule has 3 rings (SSSR count). The molecular weight excluding hydrogens is 289 g/mol. The van der Waals surface area contributed by atoms with Crippen LogP contribution < -0.4 is 0 Å². The van der Waals surface area contributed by atoms with Crippen molar-refractivity contribution < 1.29 is 9.50 Å². The van der Waals surface area contributed by atoms with Crippen LogP contribution in [0, 0.1) is 5.82 Å². The van der Waals surface area contributed by atoms with E-state index in [9.17, 15) is 9.50 Å². The number of halogens is 1. The van der Waals surface area contributed by atoms with E-state index in [2.05, 4.69) is 4.90 Å². The van der Waals surface area contributed by atoms with Crippen LogP contribution in [0.4, 0.5) is 4.39 Å². The third-order valence-corrected chi connectivity index (χ3v) is 4.81. The lowest BCUT2D eigenvalue weighted by molar-refractivity contribution is 0.0383. The van der Waals surface area contributed by atoms with Crippen LogP contribution in [0.25, 0.3) is 11.1 Å². The van der Waals surface area contributed by atoms with Gasteiger partial charge < -0.3 is 10.0 Å². The highest BCUT2D eigenvalue weighted by Crippen LogP contribution is 2.29. The van der Waals surface area contributed by atoms with Gasteiger partial charge in [0.1, 0.15) is 5.82 Å². The smallest absolute Gasteiger partial charge is 0.131 e. The van der Waals surface area contributed by atoms with Gasteiger partial charge in [-0.2, -0.15) is 0 Å². The molecule has 1 heterocycles. The molecule has 0 saturated carbocycles. The van der Waals surface area contributed by atoms with E-state index in [1.165, 1.54) is 18.9 Å². The number of aliphatic hydroxyl groups is 1. The predicted octanol–water partition coefficient (Wildman–Crippen LogP) is 4.19. The van der Waals surface area contributed by atoms with Crippen LogP contribution in [0.2, 0.25) is 0 Å². The second-order valence-corrected chi connectivity index (χ2v) is 6.63. The summed E-state index contributed by atoms with van der Waals surface area (Å²) in [6.07, 6.45) is 3.24. The lowest BCUT2D eigenvalue weighted by Gasteiger charge is -2.27. The van der Waals surface area contributed by atoms with Crippen LogP contribution >= 0.6 is 0 Å². The van der Waals surface area contributed by atoms with E-state index in [1.807, 2.05) is 37.3 Å². The Labute approximate surface area is 137 Å². The van der Waals surface area contributed by atoms with Crippen molar-refractivity contribution in [3.8, 4) is 11.1 Å². The van der Waals surface area contributed by atoms with Crippen molar-refractivity contribution in [2.45, 2.75) is 31.8 Å². The average Bonchev–Trinajstić information content (AvgIpc) is 3.07. The summed E-state index contributed by atoms with van der Waals surface area (Å²) >= 11 is 0. The molecule has 2 aromatic rings. The maximum Gasteiger partial charge on any atom is 0.131 e. The fourth-order valence-corrected chi connectivity index (χ4v) is 3.23. The maximum absolute atomic E-state index is 13.8. The lowest BCUT2D eigenvalue weighted by atomic mass is 9.91. The zero-order chi connectivity index (χ0) is 16.3. The van der Waals surface area contributed by atoms with Crippen LogP contribution in [-0.2, 0) is 5.60 Å². The largest absolute Gasteiger partial charge is 0.385 e. The van der Waals surface area contributed by atoms with Gasteiger partial charge in [0.05, 0.1) is 5.60 Å². The number of benzene rings is 2. The normalized spacial score (nSPS) is 18.0. The Morgan fingerprint density at radius 3 is 2.35 bits per heavy atom. The van der Waals surface area contributed by atoms with Crippen molar-refractivity contribution in [1.29, 1.82) is 0 Å². The summed E-state index contributed by atoms with van der Waals surface area (Å²) in [6.45, 7) is 5.06. The van der Waals surface area contributed by atoms with Crippen molar-refractivity contribution >= 4 is 0 Å². The molecule has 122 valence electrons. The second-order valence-electron chi connectivity index (χ2n) is 6.63. The van der Waals surface area contributed by atoms with Crippen LogP contribution in [-0.4, -0.2) is 29.6 Å². The van der Waals surface area contributed by atoms with Crippen LogP contribution in [0.3, 0.4) is 0 Å². The van der Waals surface area contributed by atoms with E-state index in [0.29, 0.717) is 12.0 Å². The fraction of sp³-hybridized carbons (Fsp3) is 0.400. The summed E-state index contributed by atoms with van der Waals surface area (Å²) < 4.78 is 13.8. The number of nitrogens with zero attached hydrogens (tertiary/aromatic N) is 1. The zero-order valence-corrected chi connectivity index (χ0v) is 13.6. The van der Waals surface area contributed by atoms with Gasteiger partial charge in [0.15, 0.2) is 0 Å². The predicted molar refractivity (Wildman–Crippen MR) is 91.7 cm³/mol. The summed E-state index contributed by atoms with van der Waals surface area (Å²) in [4.78, 5) is 2.40. The summed E-state index contributed by atoms with van der Waals surface area (Å²) in [5.41, 5.74) is 1.46. The number of rotatable bonds is 5. The highest BCUT2D eigenvalue weighted by atomic mass is 19.1. The van der Waals surface area contributed by atoms with Gasteiger partial charge in [-0.05, 0) is 56.5 Å². The third kappa shape index (κ3) is 3.80. The number of hydrogen-bond acceptors (Lipinski definition) is 2. The molecule has 1 N–H and O–H groups in total. The molecule has 1 saturated heterocycles. The topological polar surface area (TPSA) is 23.5 Å². The van der Waals surface area contributed by atoms with E-state index < -0.39 is 5.60 Å². The Bertz CT molecular complexity index is 645. The monoisotopic (exact) mass is 313 g/mol. The van der Waals surface area contributed by atoms with Crippen molar-refractivity contribution in [2.24, 2.45) is 0 Å². The van der Waals surface area contributed by atoms with E-state index in [0.717, 1.165) is 30.8 Å². The van der Waals surface area contributed by atoms with Gasteiger partial charge in [0.2, 0.25) is 0 Å². The van der Waals surface area contributed by atoms with Crippen molar-refractivity contribution in [2.75, 3.05) is 19.6 Å². The van der Waals surface area contributed by atoms with Crippen LogP contribution in [0.5, 0.6) is 0 Å². The first kappa shape index (κ1) is 16.2. The molecule has 0 aromatic heterocycles. The third-order valence-electron chi connectivity index (χ3n) is 4.81. The van der Waals surface area contributed by atoms with Gasteiger partial charge in [0.25, 0.3) is 0 Å². The Morgan fingerprint density at radius 1 is 1.04 bits per heavy atom. The highest BCUT2D eigenvalue weighted by Gasteiger charge is 2.24. The van der Waals surface area contributed by atoms with Crippen molar-refractivity contribution in [1.82, 2.24) is 4.90 Å². The molecule has 0 spiro atoms. The molecule has 0 amide bonds. The molecule has 23 heavy (non-hydrogen) atoms. The average molecular weight is 313 g/mol. The fourth-order valence-electron chi connectivity index (χ4n) is 3.23. The Hall–Kier alpha value is -1.71. The molecule has 1 fully saturated rings. The van der Waals surface area contributed by atoms with E-state index in [4.69, 9.17) is 0 Å². The molecule has 3 heteroatoms. The molecule has 1 aliphatic rings. The van der Waals surface area contributed by atoms with Crippen molar-refractivity contribution in [3.63, 3.8) is 0 Å². The van der Waals surface area contributed by atoms with Crippen LogP contribution in [0.1, 0.15) is 31.7 Å². The first-order chi connectivity index (χ1) is 11.1. The molecule has 1 atom stereocenters. The van der Waals surface area contributed by atoms with E-state index in [1.54, 1.807) is 12.1 Å². The Morgan fingerprint density at radius 2 is 1.70 bits per heavy atom. The Kier molecular flexibility index (Phi) is 4.79. The summed E-state index contributed by atoms with van der Waals surface area (Å²) in [6, 6.07) is 14.4. The summed E-state index contributed by atoms with van der Waals surface area (Å²) in [5.74, 6) is -0.221.